The second kappa shape index (κ2) is 10.7. The van der Waals surface area contributed by atoms with Crippen molar-refractivity contribution in [3.8, 4) is 0 Å². The summed E-state index contributed by atoms with van der Waals surface area (Å²) >= 11 is 2.24. The van der Waals surface area contributed by atoms with E-state index < -0.39 is 74.9 Å². The Morgan fingerprint density at radius 2 is 1.97 bits per heavy atom. The van der Waals surface area contributed by atoms with Crippen LogP contribution in [0.15, 0.2) is 23.8 Å². The molecule has 0 aromatic rings. The highest BCUT2D eigenvalue weighted by molar-refractivity contribution is 8.14. The van der Waals surface area contributed by atoms with Gasteiger partial charge in [-0.25, -0.2) is 8.78 Å². The molecule has 11 heteroatoms. The lowest BCUT2D eigenvalue weighted by Gasteiger charge is -2.63. The van der Waals surface area contributed by atoms with Gasteiger partial charge in [0.15, 0.2) is 17.2 Å². The lowest BCUT2D eigenvalue weighted by atomic mass is 9.44. The molecule has 0 saturated heterocycles. The van der Waals surface area contributed by atoms with Crippen LogP contribution in [0.5, 0.6) is 0 Å². The number of carbonyl (C=O) groups is 4. The maximum absolute atomic E-state index is 17.3. The van der Waals surface area contributed by atoms with Gasteiger partial charge in [-0.15, -0.1) is 0 Å². The van der Waals surface area contributed by atoms with Crippen LogP contribution >= 0.6 is 23.5 Å². The van der Waals surface area contributed by atoms with Gasteiger partial charge in [-0.2, -0.15) is 11.8 Å². The molecule has 10 atom stereocenters. The van der Waals surface area contributed by atoms with E-state index in [4.69, 9.17) is 0 Å². The average molecular weight is 586 g/mol. The fraction of sp³-hybridized carbons (Fsp3) is 0.714. The molecule has 0 heterocycles. The van der Waals surface area contributed by atoms with Crippen molar-refractivity contribution in [1.29, 1.82) is 0 Å². The number of hydrogen-bond donors (Lipinski definition) is 3. The summed E-state index contributed by atoms with van der Waals surface area (Å²) in [6.07, 6.45) is 2.90. The van der Waals surface area contributed by atoms with Crippen molar-refractivity contribution in [1.82, 2.24) is 5.32 Å². The first kappa shape index (κ1) is 30.4. The highest BCUT2D eigenvalue weighted by Crippen LogP contribution is 2.71. The number of fused-ring (bicyclic) bond motifs is 5. The largest absolute Gasteiger partial charge is 0.390 e. The van der Waals surface area contributed by atoms with Crippen LogP contribution in [-0.4, -0.2) is 80.7 Å². The fourth-order valence-electron chi connectivity index (χ4n) is 8.07. The van der Waals surface area contributed by atoms with Crippen LogP contribution in [0.2, 0.25) is 0 Å². The topological polar surface area (TPSA) is 121 Å². The SMILES string of the molecule is CSCCC(NC=O)C(=O)SCC(=O)[C@@]1(O)[C@H](C)C[C@H]2[C@@H]3CC(F)C4=CC(=O)C=C[C@]4(C)[C@@]3(F)[C@H](O)C[C@@]21C. The van der Waals surface area contributed by atoms with Crippen LogP contribution in [0.3, 0.4) is 0 Å². The molecular formula is C28H37F2NO6S2. The van der Waals surface area contributed by atoms with Gasteiger partial charge >= 0.3 is 0 Å². The molecule has 3 N–H and O–H groups in total. The highest BCUT2D eigenvalue weighted by Gasteiger charge is 2.76. The molecule has 2 unspecified atom stereocenters. The Morgan fingerprint density at radius 1 is 1.28 bits per heavy atom. The van der Waals surface area contributed by atoms with Crippen LogP contribution in [0, 0.1) is 28.6 Å². The van der Waals surface area contributed by atoms with E-state index in [0.29, 0.717) is 18.6 Å². The standard InChI is InChI=1S/C28H37F2NO6S2/c1-15-9-17-18-11-20(29)19-10-16(33)5-7-25(19,2)27(18,30)22(34)12-26(17,3)28(15,37)23(35)13-39-24(36)21(31-14-32)6-8-38-4/h5,7,10,14-15,17-18,20-22,34,37H,6,8-9,11-13H2,1-4H3,(H,31,32)/t15-,17+,18+,20?,21?,22-,25+,26+,27+,28+/m1/s1. The molecule has 0 bridgehead atoms. The minimum Gasteiger partial charge on any atom is -0.390 e. The normalized spacial score (nSPS) is 43.5. The first-order chi connectivity index (χ1) is 18.2. The third kappa shape index (κ3) is 4.37. The van der Waals surface area contributed by atoms with E-state index in [1.165, 1.54) is 30.8 Å². The minimum absolute atomic E-state index is 0.0173. The van der Waals surface area contributed by atoms with E-state index in [-0.39, 0.29) is 30.6 Å². The van der Waals surface area contributed by atoms with Crippen molar-refractivity contribution in [2.45, 2.75) is 76.0 Å². The summed E-state index contributed by atoms with van der Waals surface area (Å²) in [5.41, 5.74) is -7.06. The second-order valence-corrected chi connectivity index (χ2v) is 13.9. The van der Waals surface area contributed by atoms with Gasteiger partial charge in [0.1, 0.15) is 11.8 Å². The number of rotatable bonds is 9. The minimum atomic E-state index is -2.30. The third-order valence-electron chi connectivity index (χ3n) is 10.1. The quantitative estimate of drug-likeness (QED) is 0.354. The van der Waals surface area contributed by atoms with Gasteiger partial charge in [-0.3, -0.25) is 19.2 Å². The lowest BCUT2D eigenvalue weighted by molar-refractivity contribution is -0.222. The Kier molecular flexibility index (Phi) is 8.33. The molecule has 0 radical (unpaired) electrons. The maximum atomic E-state index is 17.3. The number of alkyl halides is 2. The van der Waals surface area contributed by atoms with Gasteiger partial charge in [0.2, 0.25) is 11.5 Å². The van der Waals surface area contributed by atoms with E-state index in [1.807, 2.05) is 6.26 Å². The predicted molar refractivity (Wildman–Crippen MR) is 147 cm³/mol. The Morgan fingerprint density at radius 3 is 2.62 bits per heavy atom. The van der Waals surface area contributed by atoms with Gasteiger partial charge in [-0.05, 0) is 74.2 Å². The molecule has 216 valence electrons. The number of hydrogen-bond acceptors (Lipinski definition) is 8. The van der Waals surface area contributed by atoms with Crippen molar-refractivity contribution in [3.63, 3.8) is 0 Å². The summed E-state index contributed by atoms with van der Waals surface area (Å²) in [5.74, 6) is -3.00. The van der Waals surface area contributed by atoms with E-state index >= 15 is 8.78 Å². The van der Waals surface area contributed by atoms with Crippen molar-refractivity contribution >= 4 is 46.6 Å². The van der Waals surface area contributed by atoms with Crippen molar-refractivity contribution in [3.05, 3.63) is 23.8 Å². The zero-order chi connectivity index (χ0) is 29.0. The summed E-state index contributed by atoms with van der Waals surface area (Å²) in [5, 5.41) is 25.5. The molecule has 0 spiro atoms. The molecule has 3 saturated carbocycles. The van der Waals surface area contributed by atoms with Crippen molar-refractivity contribution in [2.75, 3.05) is 17.8 Å². The number of aliphatic hydroxyl groups excluding tert-OH is 1. The average Bonchev–Trinajstić information content (AvgIpc) is 3.09. The third-order valence-corrected chi connectivity index (χ3v) is 11.8. The zero-order valence-electron chi connectivity index (χ0n) is 22.6. The highest BCUT2D eigenvalue weighted by atomic mass is 32.2. The monoisotopic (exact) mass is 585 g/mol. The van der Waals surface area contributed by atoms with Gasteiger partial charge in [0.25, 0.3) is 0 Å². The van der Waals surface area contributed by atoms with Crippen LogP contribution < -0.4 is 5.32 Å². The number of allylic oxidation sites excluding steroid dienone is 4. The lowest BCUT2D eigenvalue weighted by Crippen LogP contribution is -2.70. The summed E-state index contributed by atoms with van der Waals surface area (Å²) in [4.78, 5) is 49.3. The Hall–Kier alpha value is -1.56. The first-order valence-corrected chi connectivity index (χ1v) is 15.7. The molecule has 0 aliphatic heterocycles. The van der Waals surface area contributed by atoms with Gasteiger partial charge in [-0.1, -0.05) is 31.7 Å². The van der Waals surface area contributed by atoms with E-state index in [1.54, 1.807) is 13.8 Å². The van der Waals surface area contributed by atoms with Crippen LogP contribution in [-0.2, 0) is 19.2 Å². The summed E-state index contributed by atoms with van der Waals surface area (Å²) < 4.78 is 32.8. The number of nitrogens with one attached hydrogen (secondary N) is 1. The molecule has 3 fully saturated rings. The number of halogens is 2. The number of aliphatic hydroxyl groups is 2. The summed E-state index contributed by atoms with van der Waals surface area (Å²) in [6, 6.07) is -0.766. The van der Waals surface area contributed by atoms with E-state index in [9.17, 15) is 29.4 Å². The Labute approximate surface area is 236 Å². The molecule has 1 amide bonds. The smallest absolute Gasteiger partial charge is 0.211 e. The van der Waals surface area contributed by atoms with Crippen LogP contribution in [0.1, 0.15) is 46.5 Å². The van der Waals surface area contributed by atoms with Crippen LogP contribution in [0.4, 0.5) is 8.78 Å². The van der Waals surface area contributed by atoms with Crippen molar-refractivity contribution < 1.29 is 38.2 Å². The van der Waals surface area contributed by atoms with E-state index in [0.717, 1.165) is 17.8 Å². The molecule has 39 heavy (non-hydrogen) atoms. The number of Topliss-reactive ketones (excluding diaryl/α,β-unsaturated/α-hetero) is 1. The van der Waals surface area contributed by atoms with Gasteiger partial charge < -0.3 is 15.5 Å². The fourth-order valence-corrected chi connectivity index (χ4v) is 9.42. The zero-order valence-corrected chi connectivity index (χ0v) is 24.2. The van der Waals surface area contributed by atoms with Gasteiger partial charge in [0.05, 0.1) is 17.9 Å². The molecule has 4 rings (SSSR count). The summed E-state index contributed by atoms with van der Waals surface area (Å²) in [6.45, 7) is 4.85. The Balaban J connectivity index is 1.62. The predicted octanol–water partition coefficient (Wildman–Crippen LogP) is 2.98. The maximum Gasteiger partial charge on any atom is 0.211 e. The molecule has 4 aliphatic rings. The number of carbonyl (C=O) groups excluding carboxylic acids is 4. The summed E-state index contributed by atoms with van der Waals surface area (Å²) in [7, 11) is 0. The molecule has 7 nitrogen and oxygen atoms in total. The number of amides is 1. The second-order valence-electron chi connectivity index (χ2n) is 11.9. The first-order valence-electron chi connectivity index (χ1n) is 13.3. The Bertz CT molecular complexity index is 1120. The van der Waals surface area contributed by atoms with E-state index in [2.05, 4.69) is 5.32 Å². The van der Waals surface area contributed by atoms with Gasteiger partial charge in [0, 0.05) is 16.7 Å². The number of thioether (sulfide) groups is 2. The molecule has 0 aromatic heterocycles. The molecule has 0 aromatic carbocycles. The number of ketones is 2. The van der Waals surface area contributed by atoms with Crippen molar-refractivity contribution in [2.24, 2.45) is 28.6 Å². The molecule has 4 aliphatic carbocycles. The van der Waals surface area contributed by atoms with Crippen LogP contribution in [0.25, 0.3) is 0 Å². The molecular weight excluding hydrogens is 548 g/mol.